The van der Waals surface area contributed by atoms with Crippen molar-refractivity contribution in [3.8, 4) is 0 Å². The summed E-state index contributed by atoms with van der Waals surface area (Å²) in [5.74, 6) is -0.313. The van der Waals surface area contributed by atoms with Crippen LogP contribution in [0.5, 0.6) is 0 Å². The number of primary amides is 1. The molecule has 0 saturated heterocycles. The fraction of sp³-hybridized carbons (Fsp3) is 0.222. The molecule has 0 unspecified atom stereocenters. The van der Waals surface area contributed by atoms with Crippen molar-refractivity contribution in [3.05, 3.63) is 66.0 Å². The van der Waals surface area contributed by atoms with Crippen molar-refractivity contribution in [2.75, 3.05) is 0 Å². The number of aromatic nitrogens is 2. The summed E-state index contributed by atoms with van der Waals surface area (Å²) in [5, 5.41) is 1.01. The first-order valence-electron chi connectivity index (χ1n) is 7.49. The first-order valence-corrected chi connectivity index (χ1v) is 7.49. The second kappa shape index (κ2) is 6.43. The zero-order chi connectivity index (χ0) is 15.4. The molecule has 1 amide bonds. The second-order valence-corrected chi connectivity index (χ2v) is 5.45. The minimum Gasteiger partial charge on any atom is -0.369 e. The Balaban J connectivity index is 1.77. The number of carbonyl (C=O) groups is 1. The molecule has 0 aliphatic carbocycles. The molecule has 1 aromatic carbocycles. The first-order chi connectivity index (χ1) is 10.7. The average molecular weight is 293 g/mol. The smallest absolute Gasteiger partial charge is 0.221 e. The molecule has 22 heavy (non-hydrogen) atoms. The van der Waals surface area contributed by atoms with Crippen LogP contribution in [0.25, 0.3) is 11.0 Å². The van der Waals surface area contributed by atoms with Crippen molar-refractivity contribution >= 4 is 16.9 Å². The van der Waals surface area contributed by atoms with Crippen LogP contribution < -0.4 is 5.73 Å². The monoisotopic (exact) mass is 293 g/mol. The van der Waals surface area contributed by atoms with Gasteiger partial charge in [-0.1, -0.05) is 30.3 Å². The van der Waals surface area contributed by atoms with E-state index in [9.17, 15) is 4.79 Å². The molecule has 0 atom stereocenters. The van der Waals surface area contributed by atoms with Gasteiger partial charge in [0.2, 0.25) is 5.91 Å². The van der Waals surface area contributed by atoms with Crippen LogP contribution >= 0.6 is 0 Å². The van der Waals surface area contributed by atoms with Gasteiger partial charge < -0.3 is 10.3 Å². The zero-order valence-corrected chi connectivity index (χ0v) is 12.4. The summed E-state index contributed by atoms with van der Waals surface area (Å²) >= 11 is 0. The maximum absolute atomic E-state index is 11.2. The van der Waals surface area contributed by atoms with Crippen molar-refractivity contribution < 1.29 is 4.79 Å². The van der Waals surface area contributed by atoms with Gasteiger partial charge in [-0.2, -0.15) is 0 Å². The van der Waals surface area contributed by atoms with E-state index >= 15 is 0 Å². The standard InChI is InChI=1S/C18H19N3O/c19-17(22)12-15-13-21(18-16(15)9-4-10-20-18)11-5-8-14-6-2-1-3-7-14/h1-4,6-7,9-10,13H,5,8,11-12H2,(H2,19,22). The van der Waals surface area contributed by atoms with Gasteiger partial charge in [0.05, 0.1) is 6.42 Å². The Bertz CT molecular complexity index is 777. The summed E-state index contributed by atoms with van der Waals surface area (Å²) in [4.78, 5) is 15.7. The summed E-state index contributed by atoms with van der Waals surface area (Å²) in [7, 11) is 0. The Morgan fingerprint density at radius 3 is 2.73 bits per heavy atom. The number of pyridine rings is 1. The fourth-order valence-corrected chi connectivity index (χ4v) is 2.79. The third-order valence-electron chi connectivity index (χ3n) is 3.79. The molecular formula is C18H19N3O. The van der Waals surface area contributed by atoms with Gasteiger partial charge in [0.15, 0.2) is 0 Å². The Labute approximate surface area is 129 Å². The van der Waals surface area contributed by atoms with Crippen molar-refractivity contribution in [2.24, 2.45) is 5.73 Å². The summed E-state index contributed by atoms with van der Waals surface area (Å²) in [6.45, 7) is 0.876. The molecule has 0 radical (unpaired) electrons. The molecule has 0 fully saturated rings. The van der Waals surface area contributed by atoms with Crippen LogP contribution in [0.1, 0.15) is 17.5 Å². The van der Waals surface area contributed by atoms with Crippen LogP contribution in [0.4, 0.5) is 0 Å². The molecule has 0 aliphatic rings. The Hall–Kier alpha value is -2.62. The summed E-state index contributed by atoms with van der Waals surface area (Å²) < 4.78 is 2.12. The van der Waals surface area contributed by atoms with Crippen LogP contribution in [0.2, 0.25) is 0 Å². The van der Waals surface area contributed by atoms with Crippen LogP contribution in [-0.2, 0) is 24.2 Å². The molecule has 0 saturated carbocycles. The highest BCUT2D eigenvalue weighted by molar-refractivity contribution is 5.86. The summed E-state index contributed by atoms with van der Waals surface area (Å²) in [5.41, 5.74) is 8.55. The molecule has 0 spiro atoms. The van der Waals surface area contributed by atoms with Crippen molar-refractivity contribution in [1.82, 2.24) is 9.55 Å². The van der Waals surface area contributed by atoms with Gasteiger partial charge >= 0.3 is 0 Å². The molecule has 2 aromatic heterocycles. The highest BCUT2D eigenvalue weighted by Gasteiger charge is 2.10. The lowest BCUT2D eigenvalue weighted by molar-refractivity contribution is -0.117. The first kappa shape index (κ1) is 14.3. The van der Waals surface area contributed by atoms with E-state index in [1.165, 1.54) is 5.56 Å². The number of nitrogens with two attached hydrogens (primary N) is 1. The van der Waals surface area contributed by atoms with Gasteiger partial charge in [-0.25, -0.2) is 4.98 Å². The Morgan fingerprint density at radius 2 is 1.95 bits per heavy atom. The Morgan fingerprint density at radius 1 is 1.14 bits per heavy atom. The molecule has 2 heterocycles. The molecular weight excluding hydrogens is 274 g/mol. The number of benzene rings is 1. The minimum atomic E-state index is -0.313. The summed E-state index contributed by atoms with van der Waals surface area (Å²) in [6.07, 6.45) is 6.10. The largest absolute Gasteiger partial charge is 0.369 e. The van der Waals surface area contributed by atoms with E-state index in [-0.39, 0.29) is 12.3 Å². The van der Waals surface area contributed by atoms with E-state index in [4.69, 9.17) is 5.73 Å². The van der Waals surface area contributed by atoms with Crippen molar-refractivity contribution in [1.29, 1.82) is 0 Å². The molecule has 3 aromatic rings. The highest BCUT2D eigenvalue weighted by Crippen LogP contribution is 2.20. The fourth-order valence-electron chi connectivity index (χ4n) is 2.79. The highest BCUT2D eigenvalue weighted by atomic mass is 16.1. The number of rotatable bonds is 6. The zero-order valence-electron chi connectivity index (χ0n) is 12.4. The molecule has 0 bridgehead atoms. The lowest BCUT2D eigenvalue weighted by atomic mass is 10.1. The van der Waals surface area contributed by atoms with Crippen LogP contribution in [0, 0.1) is 0 Å². The summed E-state index contributed by atoms with van der Waals surface area (Å²) in [6, 6.07) is 14.3. The minimum absolute atomic E-state index is 0.258. The van der Waals surface area contributed by atoms with E-state index in [0.717, 1.165) is 36.0 Å². The SMILES string of the molecule is NC(=O)Cc1cn(CCCc2ccccc2)c2ncccc12. The topological polar surface area (TPSA) is 60.9 Å². The number of fused-ring (bicyclic) bond motifs is 1. The molecule has 112 valence electrons. The van der Waals surface area contributed by atoms with E-state index in [2.05, 4.69) is 33.8 Å². The van der Waals surface area contributed by atoms with E-state index in [1.807, 2.05) is 24.4 Å². The normalized spacial score (nSPS) is 10.9. The predicted octanol–water partition coefficient (Wildman–Crippen LogP) is 2.70. The van der Waals surface area contributed by atoms with Gasteiger partial charge in [0.25, 0.3) is 0 Å². The number of aryl methyl sites for hydroxylation is 2. The molecule has 4 heteroatoms. The number of hydrogen-bond donors (Lipinski definition) is 1. The molecule has 4 nitrogen and oxygen atoms in total. The van der Waals surface area contributed by atoms with E-state index in [0.29, 0.717) is 0 Å². The predicted molar refractivity (Wildman–Crippen MR) is 87.4 cm³/mol. The van der Waals surface area contributed by atoms with Crippen molar-refractivity contribution in [2.45, 2.75) is 25.8 Å². The van der Waals surface area contributed by atoms with E-state index in [1.54, 1.807) is 6.20 Å². The van der Waals surface area contributed by atoms with Gasteiger partial charge in [0, 0.05) is 24.3 Å². The molecule has 0 aliphatic heterocycles. The quantitative estimate of drug-likeness (QED) is 0.759. The van der Waals surface area contributed by atoms with Gasteiger partial charge in [-0.3, -0.25) is 4.79 Å². The maximum atomic E-state index is 11.2. The molecule has 3 rings (SSSR count). The third kappa shape index (κ3) is 3.17. The van der Waals surface area contributed by atoms with E-state index < -0.39 is 0 Å². The van der Waals surface area contributed by atoms with Gasteiger partial charge in [-0.05, 0) is 36.1 Å². The maximum Gasteiger partial charge on any atom is 0.221 e. The van der Waals surface area contributed by atoms with Crippen LogP contribution in [0.15, 0.2) is 54.9 Å². The molecule has 2 N–H and O–H groups in total. The number of nitrogens with zero attached hydrogens (tertiary/aromatic N) is 2. The van der Waals surface area contributed by atoms with Gasteiger partial charge in [0.1, 0.15) is 5.65 Å². The third-order valence-corrected chi connectivity index (χ3v) is 3.79. The van der Waals surface area contributed by atoms with Crippen molar-refractivity contribution in [3.63, 3.8) is 0 Å². The second-order valence-electron chi connectivity index (χ2n) is 5.45. The number of hydrogen-bond acceptors (Lipinski definition) is 2. The van der Waals surface area contributed by atoms with Crippen LogP contribution in [-0.4, -0.2) is 15.5 Å². The number of amides is 1. The average Bonchev–Trinajstić information content (AvgIpc) is 2.86. The number of carbonyl (C=O) groups excluding carboxylic acids is 1. The lowest BCUT2D eigenvalue weighted by Crippen LogP contribution is -2.13. The van der Waals surface area contributed by atoms with Gasteiger partial charge in [-0.15, -0.1) is 0 Å². The van der Waals surface area contributed by atoms with Crippen LogP contribution in [0.3, 0.4) is 0 Å². The Kier molecular flexibility index (Phi) is 4.19. The lowest BCUT2D eigenvalue weighted by Gasteiger charge is -2.04.